The number of hydrogen-bond acceptors (Lipinski definition) is 4. The molecule has 4 nitrogen and oxygen atoms in total. The van der Waals surface area contributed by atoms with E-state index in [0.29, 0.717) is 5.16 Å². The second-order valence-corrected chi connectivity index (χ2v) is 7.49. The van der Waals surface area contributed by atoms with Gasteiger partial charge in [-0.3, -0.25) is 0 Å². The van der Waals surface area contributed by atoms with E-state index in [2.05, 4.69) is 30.0 Å². The average Bonchev–Trinajstić information content (AvgIpc) is 2.48. The zero-order valence-corrected chi connectivity index (χ0v) is 18.5. The standard InChI is InChI=1S/2C7H8O2.C4H11P.ClH.Cr/c2*1-9-7-4-2-6(8)3-5-7;1-4(2,3)5;;/h2*2-5,8H,1H3;5H2,1-3H3;1H;. The topological polar surface area (TPSA) is 58.9 Å². The molecular weight excluding hydrogens is 399 g/mol. The molecule has 0 saturated carbocycles. The van der Waals surface area contributed by atoms with Crippen LogP contribution >= 0.6 is 21.6 Å². The van der Waals surface area contributed by atoms with Gasteiger partial charge < -0.3 is 19.7 Å². The van der Waals surface area contributed by atoms with E-state index in [1.165, 1.54) is 0 Å². The van der Waals surface area contributed by atoms with Crippen LogP contribution in [0.1, 0.15) is 20.8 Å². The molecule has 1 unspecified atom stereocenters. The number of hydrogen-bond donors (Lipinski definition) is 2. The predicted octanol–water partition coefficient (Wildman–Crippen LogP) is 4.88. The van der Waals surface area contributed by atoms with Gasteiger partial charge in [0.1, 0.15) is 23.0 Å². The van der Waals surface area contributed by atoms with Gasteiger partial charge in [-0.2, -0.15) is 0 Å². The third-order valence-corrected chi connectivity index (χ3v) is 2.14. The van der Waals surface area contributed by atoms with E-state index in [9.17, 15) is 0 Å². The third kappa shape index (κ3) is 19.1. The van der Waals surface area contributed by atoms with Crippen molar-refractivity contribution in [2.75, 3.05) is 14.2 Å². The molecule has 0 aromatic heterocycles. The van der Waals surface area contributed by atoms with Crippen molar-refractivity contribution in [2.45, 2.75) is 25.9 Å². The minimum atomic E-state index is 0. The smallest absolute Gasteiger partial charge is 0.119 e. The van der Waals surface area contributed by atoms with Crippen LogP contribution in [0.5, 0.6) is 23.0 Å². The normalized spacial score (nSPS) is 8.88. The maximum atomic E-state index is 8.80. The third-order valence-electron chi connectivity index (χ3n) is 2.14. The summed E-state index contributed by atoms with van der Waals surface area (Å²) in [6.07, 6.45) is 0. The molecule has 2 rings (SSSR count). The van der Waals surface area contributed by atoms with Crippen LogP contribution in [0.15, 0.2) is 48.5 Å². The molecule has 0 aliphatic rings. The monoisotopic (exact) mass is 426 g/mol. The first-order valence-corrected chi connectivity index (χ1v) is 7.68. The Morgan fingerprint density at radius 1 is 0.720 bits per heavy atom. The van der Waals surface area contributed by atoms with Crippen LogP contribution in [0.4, 0.5) is 0 Å². The molecule has 0 aliphatic carbocycles. The summed E-state index contributed by atoms with van der Waals surface area (Å²) in [7, 11) is 5.89. The Labute approximate surface area is 170 Å². The van der Waals surface area contributed by atoms with Gasteiger partial charge in [0.25, 0.3) is 0 Å². The summed E-state index contributed by atoms with van der Waals surface area (Å²) < 4.78 is 9.72. The Morgan fingerprint density at radius 3 is 1.08 bits per heavy atom. The number of methoxy groups -OCH3 is 2. The summed E-state index contributed by atoms with van der Waals surface area (Å²) in [4.78, 5) is 0. The van der Waals surface area contributed by atoms with Crippen LogP contribution in [0.25, 0.3) is 0 Å². The summed E-state index contributed by atoms with van der Waals surface area (Å²) in [6.45, 7) is 6.45. The summed E-state index contributed by atoms with van der Waals surface area (Å²) in [5.74, 6) is 2.03. The SMILES string of the molecule is CC(C)(C)P.COc1ccc(O)cc1.COc1ccc(O)cc1.Cl.[Cr]. The maximum absolute atomic E-state index is 8.80. The van der Waals surface area contributed by atoms with E-state index in [0.717, 1.165) is 11.5 Å². The van der Waals surface area contributed by atoms with Crippen molar-refractivity contribution in [2.24, 2.45) is 0 Å². The molecule has 0 radical (unpaired) electrons. The Bertz CT molecular complexity index is 491. The number of phenolic OH excluding ortho intramolecular Hbond substituents is 2. The van der Waals surface area contributed by atoms with Crippen molar-refractivity contribution in [1.29, 1.82) is 0 Å². The van der Waals surface area contributed by atoms with Crippen molar-refractivity contribution >= 4 is 21.6 Å². The van der Waals surface area contributed by atoms with Crippen LogP contribution < -0.4 is 9.47 Å². The fourth-order valence-corrected chi connectivity index (χ4v) is 1.16. The Balaban J connectivity index is -0.000000291. The predicted molar refractivity (Wildman–Crippen MR) is 106 cm³/mol. The number of benzene rings is 2. The van der Waals surface area contributed by atoms with Crippen molar-refractivity contribution < 1.29 is 37.0 Å². The molecule has 0 amide bonds. The fraction of sp³-hybridized carbons (Fsp3) is 0.333. The average molecular weight is 427 g/mol. The van der Waals surface area contributed by atoms with Crippen molar-refractivity contribution in [3.05, 3.63) is 48.5 Å². The first-order valence-electron chi connectivity index (χ1n) is 7.10. The van der Waals surface area contributed by atoms with Crippen LogP contribution in [-0.2, 0) is 17.4 Å². The van der Waals surface area contributed by atoms with E-state index in [-0.39, 0.29) is 41.3 Å². The summed E-state index contributed by atoms with van der Waals surface area (Å²) >= 11 is 0. The second kappa shape index (κ2) is 15.2. The quantitative estimate of drug-likeness (QED) is 0.672. The first-order chi connectivity index (χ1) is 10.7. The van der Waals surface area contributed by atoms with Crippen molar-refractivity contribution in [3.8, 4) is 23.0 Å². The van der Waals surface area contributed by atoms with Gasteiger partial charge in [0.2, 0.25) is 0 Å². The number of phenols is 2. The van der Waals surface area contributed by atoms with Crippen LogP contribution in [0.3, 0.4) is 0 Å². The zero-order chi connectivity index (χ0) is 17.9. The van der Waals surface area contributed by atoms with Gasteiger partial charge >= 0.3 is 0 Å². The maximum Gasteiger partial charge on any atom is 0.119 e. The molecule has 7 heteroatoms. The number of ether oxygens (including phenoxy) is 2. The molecule has 0 bridgehead atoms. The van der Waals surface area contributed by atoms with Crippen molar-refractivity contribution in [1.82, 2.24) is 0 Å². The van der Waals surface area contributed by atoms with Gasteiger partial charge in [0.15, 0.2) is 0 Å². The van der Waals surface area contributed by atoms with E-state index >= 15 is 0 Å². The minimum Gasteiger partial charge on any atom is -0.508 e. The largest absolute Gasteiger partial charge is 0.508 e. The molecule has 0 spiro atoms. The van der Waals surface area contributed by atoms with Gasteiger partial charge in [-0.25, -0.2) is 0 Å². The Hall–Kier alpha value is -1.11. The van der Waals surface area contributed by atoms with Gasteiger partial charge in [0.05, 0.1) is 14.2 Å². The molecule has 2 aromatic carbocycles. The van der Waals surface area contributed by atoms with Gasteiger partial charge in [-0.05, 0) is 53.7 Å². The number of rotatable bonds is 2. The summed E-state index contributed by atoms with van der Waals surface area (Å²) in [6, 6.07) is 13.1. The Kier molecular flexibility index (Phi) is 17.4. The molecule has 0 aliphatic heterocycles. The zero-order valence-electron chi connectivity index (χ0n) is 15.2. The van der Waals surface area contributed by atoms with Crippen LogP contribution in [0, 0.1) is 0 Å². The minimum absolute atomic E-state index is 0. The molecule has 0 heterocycles. The van der Waals surface area contributed by atoms with Gasteiger partial charge in [-0.15, -0.1) is 21.6 Å². The van der Waals surface area contributed by atoms with E-state index in [1.54, 1.807) is 62.8 Å². The molecule has 0 saturated heterocycles. The van der Waals surface area contributed by atoms with E-state index in [4.69, 9.17) is 19.7 Å². The molecule has 142 valence electrons. The second-order valence-electron chi connectivity index (χ2n) is 5.76. The molecule has 2 aromatic rings. The van der Waals surface area contributed by atoms with Gasteiger partial charge in [-0.1, -0.05) is 20.8 Å². The molecule has 1 atom stereocenters. The molecule has 25 heavy (non-hydrogen) atoms. The summed E-state index contributed by atoms with van der Waals surface area (Å²) in [5, 5.41) is 18.0. The molecule has 2 N–H and O–H groups in total. The van der Waals surface area contributed by atoms with E-state index < -0.39 is 0 Å². The number of aromatic hydroxyl groups is 2. The Morgan fingerprint density at radius 2 is 0.920 bits per heavy atom. The molecular formula is C18H28ClCrO4P. The first kappa shape index (κ1) is 28.7. The van der Waals surface area contributed by atoms with Crippen LogP contribution in [-0.4, -0.2) is 29.6 Å². The molecule has 0 fully saturated rings. The fourth-order valence-electron chi connectivity index (χ4n) is 1.16. The number of halogens is 1. The van der Waals surface area contributed by atoms with E-state index in [1.807, 2.05) is 0 Å². The van der Waals surface area contributed by atoms with Crippen LogP contribution in [0.2, 0.25) is 0 Å². The van der Waals surface area contributed by atoms with Gasteiger partial charge in [0, 0.05) is 17.4 Å². The summed E-state index contributed by atoms with van der Waals surface area (Å²) in [5.41, 5.74) is 0. The van der Waals surface area contributed by atoms with Crippen molar-refractivity contribution in [3.63, 3.8) is 0 Å².